The van der Waals surface area contributed by atoms with Gasteiger partial charge in [-0.1, -0.05) is 18.2 Å². The average Bonchev–Trinajstić information content (AvgIpc) is 2.54. The van der Waals surface area contributed by atoms with E-state index in [2.05, 4.69) is 5.32 Å². The normalized spacial score (nSPS) is 10.6. The fourth-order valence-corrected chi connectivity index (χ4v) is 2.13. The highest BCUT2D eigenvalue weighted by Crippen LogP contribution is 2.29. The van der Waals surface area contributed by atoms with Gasteiger partial charge in [-0.15, -0.1) is 0 Å². The van der Waals surface area contributed by atoms with Crippen LogP contribution in [0.2, 0.25) is 0 Å². The highest BCUT2D eigenvalue weighted by atomic mass is 16.4. The molecule has 5 heteroatoms. The zero-order chi connectivity index (χ0) is 13.3. The summed E-state index contributed by atoms with van der Waals surface area (Å²) >= 11 is 0. The van der Waals surface area contributed by atoms with Crippen molar-refractivity contribution in [2.75, 3.05) is 5.32 Å². The van der Waals surface area contributed by atoms with Gasteiger partial charge >= 0.3 is 5.97 Å². The zero-order valence-corrected chi connectivity index (χ0v) is 10.2. The molecule has 0 fully saturated rings. The fraction of sp³-hybridized carbons (Fsp3) is 0.231. The van der Waals surface area contributed by atoms with Crippen molar-refractivity contribution in [2.45, 2.75) is 13.3 Å². The van der Waals surface area contributed by atoms with Crippen molar-refractivity contribution in [1.82, 2.24) is 4.57 Å². The summed E-state index contributed by atoms with van der Waals surface area (Å²) < 4.78 is 1.80. The van der Waals surface area contributed by atoms with E-state index in [1.54, 1.807) is 11.6 Å². The Bertz CT molecular complexity index is 628. The first-order valence-corrected chi connectivity index (χ1v) is 5.56. The molecule has 2 N–H and O–H groups in total. The van der Waals surface area contributed by atoms with Crippen molar-refractivity contribution in [1.29, 1.82) is 0 Å². The fourth-order valence-electron chi connectivity index (χ4n) is 2.13. The van der Waals surface area contributed by atoms with Crippen LogP contribution in [0.3, 0.4) is 0 Å². The van der Waals surface area contributed by atoms with E-state index in [-0.39, 0.29) is 12.3 Å². The predicted octanol–water partition coefficient (Wildman–Crippen LogP) is 1.76. The number of carboxylic acids is 1. The molecule has 0 spiro atoms. The Balaban J connectivity index is 2.68. The van der Waals surface area contributed by atoms with Gasteiger partial charge in [0, 0.05) is 30.4 Å². The molecule has 1 heterocycles. The maximum absolute atomic E-state index is 11.2. The predicted molar refractivity (Wildman–Crippen MR) is 68.6 cm³/mol. The Morgan fingerprint density at radius 2 is 2.00 bits per heavy atom. The molecule has 0 saturated heterocycles. The maximum Gasteiger partial charge on any atom is 0.307 e. The molecule has 0 saturated carbocycles. The molecule has 5 nitrogen and oxygen atoms in total. The molecule has 0 aliphatic heterocycles. The third-order valence-electron chi connectivity index (χ3n) is 2.83. The van der Waals surface area contributed by atoms with Crippen molar-refractivity contribution >= 4 is 28.6 Å². The number of carbonyl (C=O) groups is 2. The van der Waals surface area contributed by atoms with Crippen LogP contribution in [-0.4, -0.2) is 21.6 Å². The summed E-state index contributed by atoms with van der Waals surface area (Å²) in [5.74, 6) is -0.586. The maximum atomic E-state index is 11.2. The molecule has 1 amide bonds. The van der Waals surface area contributed by atoms with Gasteiger partial charge in [0.05, 0.1) is 6.42 Å². The average molecular weight is 246 g/mol. The molecule has 2 rings (SSSR count). The first kappa shape index (κ1) is 12.2. The minimum Gasteiger partial charge on any atom is -0.481 e. The van der Waals surface area contributed by atoms with Crippen LogP contribution in [0.15, 0.2) is 24.3 Å². The first-order valence-electron chi connectivity index (χ1n) is 5.56. The second-order valence-corrected chi connectivity index (χ2v) is 4.16. The lowest BCUT2D eigenvalue weighted by atomic mass is 10.1. The molecule has 0 bridgehead atoms. The molecule has 0 aliphatic carbocycles. The minimum atomic E-state index is -0.919. The van der Waals surface area contributed by atoms with E-state index in [4.69, 9.17) is 5.11 Å². The number of carbonyl (C=O) groups excluding carboxylic acids is 1. The van der Waals surface area contributed by atoms with Gasteiger partial charge in [-0.25, -0.2) is 0 Å². The summed E-state index contributed by atoms with van der Waals surface area (Å²) in [6.07, 6.45) is -0.114. The standard InChI is InChI=1S/C13H14N2O3/c1-8(16)14-13-10(7-12(17)18)9-5-3-4-6-11(9)15(13)2/h3-6H,7H2,1-2H3,(H,14,16)(H,17,18). The molecular formula is C13H14N2O3. The summed E-state index contributed by atoms with van der Waals surface area (Å²) in [6.45, 7) is 1.40. The highest BCUT2D eigenvalue weighted by Gasteiger charge is 2.17. The monoisotopic (exact) mass is 246 g/mol. The number of benzene rings is 1. The number of aliphatic carboxylic acids is 1. The van der Waals surface area contributed by atoms with Crippen molar-refractivity contribution in [3.05, 3.63) is 29.8 Å². The Morgan fingerprint density at radius 3 is 2.61 bits per heavy atom. The van der Waals surface area contributed by atoms with Crippen LogP contribution in [0.1, 0.15) is 12.5 Å². The molecule has 18 heavy (non-hydrogen) atoms. The molecular weight excluding hydrogens is 232 g/mol. The molecule has 1 aromatic heterocycles. The Hall–Kier alpha value is -2.30. The second kappa shape index (κ2) is 4.52. The molecule has 0 atom stereocenters. The Morgan fingerprint density at radius 1 is 1.33 bits per heavy atom. The number of rotatable bonds is 3. The number of fused-ring (bicyclic) bond motifs is 1. The zero-order valence-electron chi connectivity index (χ0n) is 10.2. The van der Waals surface area contributed by atoms with E-state index in [1.165, 1.54) is 6.92 Å². The van der Waals surface area contributed by atoms with Crippen LogP contribution < -0.4 is 5.32 Å². The van der Waals surface area contributed by atoms with Crippen LogP contribution >= 0.6 is 0 Å². The largest absolute Gasteiger partial charge is 0.481 e. The number of aryl methyl sites for hydroxylation is 1. The minimum absolute atomic E-state index is 0.114. The summed E-state index contributed by atoms with van der Waals surface area (Å²) in [5.41, 5.74) is 1.54. The summed E-state index contributed by atoms with van der Waals surface area (Å²) in [4.78, 5) is 22.1. The van der Waals surface area contributed by atoms with Gasteiger partial charge < -0.3 is 15.0 Å². The molecule has 0 radical (unpaired) electrons. The van der Waals surface area contributed by atoms with Gasteiger partial charge in [0.25, 0.3) is 0 Å². The quantitative estimate of drug-likeness (QED) is 0.866. The van der Waals surface area contributed by atoms with E-state index in [1.807, 2.05) is 24.3 Å². The molecule has 0 unspecified atom stereocenters. The SMILES string of the molecule is CC(=O)Nc1c(CC(=O)O)c2ccccc2n1C. The van der Waals surface area contributed by atoms with Crippen molar-refractivity contribution in [2.24, 2.45) is 7.05 Å². The number of hydrogen-bond donors (Lipinski definition) is 2. The lowest BCUT2D eigenvalue weighted by molar-refractivity contribution is -0.136. The van der Waals surface area contributed by atoms with E-state index in [9.17, 15) is 9.59 Å². The van der Waals surface area contributed by atoms with Crippen LogP contribution in [0.25, 0.3) is 10.9 Å². The number of amides is 1. The number of para-hydroxylation sites is 1. The van der Waals surface area contributed by atoms with Gasteiger partial charge in [-0.05, 0) is 6.07 Å². The summed E-state index contributed by atoms with van der Waals surface area (Å²) in [5, 5.41) is 12.5. The van der Waals surface area contributed by atoms with Gasteiger partial charge in [0.2, 0.25) is 5.91 Å². The van der Waals surface area contributed by atoms with Crippen LogP contribution in [0, 0.1) is 0 Å². The van der Waals surface area contributed by atoms with Crippen LogP contribution in [-0.2, 0) is 23.1 Å². The molecule has 0 aliphatic rings. The summed E-state index contributed by atoms with van der Waals surface area (Å²) in [6, 6.07) is 7.49. The molecule has 1 aromatic carbocycles. The summed E-state index contributed by atoms with van der Waals surface area (Å²) in [7, 11) is 1.80. The van der Waals surface area contributed by atoms with E-state index in [0.717, 1.165) is 10.9 Å². The van der Waals surface area contributed by atoms with Crippen molar-refractivity contribution in [3.8, 4) is 0 Å². The lowest BCUT2D eigenvalue weighted by Crippen LogP contribution is -2.12. The number of hydrogen-bond acceptors (Lipinski definition) is 2. The number of aromatic nitrogens is 1. The van der Waals surface area contributed by atoms with Crippen molar-refractivity contribution in [3.63, 3.8) is 0 Å². The highest BCUT2D eigenvalue weighted by molar-refractivity contribution is 5.98. The number of anilines is 1. The first-order chi connectivity index (χ1) is 8.50. The van der Waals surface area contributed by atoms with E-state index < -0.39 is 5.97 Å². The second-order valence-electron chi connectivity index (χ2n) is 4.16. The van der Waals surface area contributed by atoms with Gasteiger partial charge in [-0.2, -0.15) is 0 Å². The number of nitrogens with zero attached hydrogens (tertiary/aromatic N) is 1. The van der Waals surface area contributed by atoms with E-state index in [0.29, 0.717) is 11.4 Å². The number of nitrogens with one attached hydrogen (secondary N) is 1. The lowest BCUT2D eigenvalue weighted by Gasteiger charge is -2.06. The smallest absolute Gasteiger partial charge is 0.307 e. The van der Waals surface area contributed by atoms with Gasteiger partial charge in [-0.3, -0.25) is 9.59 Å². The van der Waals surface area contributed by atoms with Gasteiger partial charge in [0.15, 0.2) is 0 Å². The van der Waals surface area contributed by atoms with E-state index >= 15 is 0 Å². The molecule has 2 aromatic rings. The van der Waals surface area contributed by atoms with Crippen molar-refractivity contribution < 1.29 is 14.7 Å². The van der Waals surface area contributed by atoms with Gasteiger partial charge in [0.1, 0.15) is 5.82 Å². The topological polar surface area (TPSA) is 71.3 Å². The molecule has 94 valence electrons. The third kappa shape index (κ3) is 2.07. The third-order valence-corrected chi connectivity index (χ3v) is 2.83. The number of carboxylic acid groups (broad SMARTS) is 1. The Labute approximate surface area is 104 Å². The van der Waals surface area contributed by atoms with Crippen LogP contribution in [0.5, 0.6) is 0 Å². The Kier molecular flexibility index (Phi) is 3.06. The van der Waals surface area contributed by atoms with Crippen LogP contribution in [0.4, 0.5) is 5.82 Å².